The van der Waals surface area contributed by atoms with Crippen molar-refractivity contribution in [1.29, 1.82) is 0 Å². The molecule has 3 aliphatic rings. The molecule has 1 aliphatic carbocycles. The number of morpholine rings is 1. The number of carbonyl (C=O) groups excluding carboxylic acids is 1. The van der Waals surface area contributed by atoms with Gasteiger partial charge in [-0.15, -0.1) is 24.8 Å². The molecule has 136 valence electrons. The van der Waals surface area contributed by atoms with Crippen LogP contribution in [0.1, 0.15) is 32.6 Å². The van der Waals surface area contributed by atoms with E-state index in [-0.39, 0.29) is 36.8 Å². The van der Waals surface area contributed by atoms with Gasteiger partial charge in [0.25, 0.3) is 0 Å². The Labute approximate surface area is 152 Å². The fourth-order valence-corrected chi connectivity index (χ4v) is 4.22. The van der Waals surface area contributed by atoms with Gasteiger partial charge in [0.05, 0.1) is 13.2 Å². The Balaban J connectivity index is 0.00000132. The number of carbonyl (C=O) groups is 1. The Bertz CT molecular complexity index is 380. The molecule has 7 heteroatoms. The number of nitrogens with zero attached hydrogens (tertiary/aromatic N) is 2. The van der Waals surface area contributed by atoms with E-state index in [9.17, 15) is 4.79 Å². The highest BCUT2D eigenvalue weighted by molar-refractivity contribution is 5.85. The fraction of sp³-hybridized carbons (Fsp3) is 0.938. The van der Waals surface area contributed by atoms with E-state index in [0.29, 0.717) is 17.9 Å². The lowest BCUT2D eigenvalue weighted by Crippen LogP contribution is -2.47. The highest BCUT2D eigenvalue weighted by Gasteiger charge is 2.39. The van der Waals surface area contributed by atoms with Crippen molar-refractivity contribution in [1.82, 2.24) is 9.80 Å². The average Bonchev–Trinajstić information content (AvgIpc) is 2.89. The summed E-state index contributed by atoms with van der Waals surface area (Å²) in [7, 11) is 0. The fourth-order valence-electron chi connectivity index (χ4n) is 4.22. The van der Waals surface area contributed by atoms with Crippen LogP contribution in [0.2, 0.25) is 0 Å². The minimum Gasteiger partial charge on any atom is -0.379 e. The molecule has 0 bridgehead atoms. The van der Waals surface area contributed by atoms with E-state index in [4.69, 9.17) is 10.5 Å². The molecular formula is C16H31Cl2N3O2. The molecule has 1 saturated carbocycles. The second kappa shape index (κ2) is 9.42. The van der Waals surface area contributed by atoms with Gasteiger partial charge in [-0.05, 0) is 25.2 Å². The molecule has 0 aromatic carbocycles. The van der Waals surface area contributed by atoms with Crippen molar-refractivity contribution in [3.05, 3.63) is 0 Å². The van der Waals surface area contributed by atoms with Crippen LogP contribution in [-0.2, 0) is 9.53 Å². The standard InChI is InChI=1S/C16H29N3O2.2ClH/c1-12-10-19(11-15(12)18-5-7-21-8-6-18)16(20)13-3-2-4-14(17)9-13;;/h12-15H,2-11,17H2,1H3;2*1H. The second-order valence-corrected chi connectivity index (χ2v) is 7.06. The van der Waals surface area contributed by atoms with Crippen LogP contribution in [0.25, 0.3) is 0 Å². The molecule has 2 aliphatic heterocycles. The van der Waals surface area contributed by atoms with Gasteiger partial charge in [-0.1, -0.05) is 13.3 Å². The first-order valence-corrected chi connectivity index (χ1v) is 8.51. The van der Waals surface area contributed by atoms with Crippen LogP contribution in [0.15, 0.2) is 0 Å². The van der Waals surface area contributed by atoms with Gasteiger partial charge in [-0.2, -0.15) is 0 Å². The average molecular weight is 368 g/mol. The van der Waals surface area contributed by atoms with Crippen molar-refractivity contribution in [2.75, 3.05) is 39.4 Å². The first-order chi connectivity index (χ1) is 10.1. The van der Waals surface area contributed by atoms with Crippen molar-refractivity contribution >= 4 is 30.7 Å². The third-order valence-electron chi connectivity index (χ3n) is 5.46. The van der Waals surface area contributed by atoms with E-state index >= 15 is 0 Å². The van der Waals surface area contributed by atoms with Crippen LogP contribution in [-0.4, -0.2) is 67.2 Å². The highest BCUT2D eigenvalue weighted by atomic mass is 35.5. The summed E-state index contributed by atoms with van der Waals surface area (Å²) in [6.07, 6.45) is 4.09. The summed E-state index contributed by atoms with van der Waals surface area (Å²) >= 11 is 0. The van der Waals surface area contributed by atoms with Crippen LogP contribution in [0.5, 0.6) is 0 Å². The predicted octanol–water partition coefficient (Wildman–Crippen LogP) is 1.53. The largest absolute Gasteiger partial charge is 0.379 e. The van der Waals surface area contributed by atoms with E-state index in [1.165, 1.54) is 0 Å². The molecular weight excluding hydrogens is 337 g/mol. The number of amides is 1. The zero-order valence-electron chi connectivity index (χ0n) is 14.0. The quantitative estimate of drug-likeness (QED) is 0.803. The van der Waals surface area contributed by atoms with Crippen LogP contribution >= 0.6 is 24.8 Å². The lowest BCUT2D eigenvalue weighted by molar-refractivity contribution is -0.136. The zero-order valence-corrected chi connectivity index (χ0v) is 15.6. The van der Waals surface area contributed by atoms with Crippen molar-refractivity contribution in [3.63, 3.8) is 0 Å². The van der Waals surface area contributed by atoms with Gasteiger partial charge in [0.15, 0.2) is 0 Å². The van der Waals surface area contributed by atoms with Gasteiger partial charge >= 0.3 is 0 Å². The first kappa shape index (κ1) is 21.0. The van der Waals surface area contributed by atoms with Crippen LogP contribution < -0.4 is 5.73 Å². The molecule has 1 amide bonds. The smallest absolute Gasteiger partial charge is 0.225 e. The maximum Gasteiger partial charge on any atom is 0.225 e. The molecule has 5 nitrogen and oxygen atoms in total. The van der Waals surface area contributed by atoms with Gasteiger partial charge in [0.2, 0.25) is 5.91 Å². The Morgan fingerprint density at radius 1 is 1.13 bits per heavy atom. The maximum atomic E-state index is 12.7. The number of rotatable bonds is 2. The Hall–Kier alpha value is -0.0700. The molecule has 3 fully saturated rings. The Morgan fingerprint density at radius 3 is 2.48 bits per heavy atom. The third kappa shape index (κ3) is 4.95. The van der Waals surface area contributed by atoms with Crippen molar-refractivity contribution in [3.8, 4) is 0 Å². The van der Waals surface area contributed by atoms with E-state index in [2.05, 4.69) is 16.7 Å². The molecule has 0 spiro atoms. The Kier molecular flexibility index (Phi) is 8.59. The summed E-state index contributed by atoms with van der Waals surface area (Å²) in [4.78, 5) is 17.4. The molecule has 4 atom stereocenters. The van der Waals surface area contributed by atoms with Crippen molar-refractivity contribution < 1.29 is 9.53 Å². The molecule has 4 unspecified atom stereocenters. The van der Waals surface area contributed by atoms with E-state index in [0.717, 1.165) is 65.1 Å². The third-order valence-corrected chi connectivity index (χ3v) is 5.46. The van der Waals surface area contributed by atoms with Crippen LogP contribution in [0.3, 0.4) is 0 Å². The molecule has 0 aromatic rings. The van der Waals surface area contributed by atoms with E-state index in [1.54, 1.807) is 0 Å². The van der Waals surface area contributed by atoms with E-state index in [1.807, 2.05) is 0 Å². The summed E-state index contributed by atoms with van der Waals surface area (Å²) in [5, 5.41) is 0. The molecule has 0 radical (unpaired) electrons. The monoisotopic (exact) mass is 367 g/mol. The summed E-state index contributed by atoms with van der Waals surface area (Å²) < 4.78 is 5.44. The molecule has 2 heterocycles. The number of nitrogens with two attached hydrogens (primary N) is 1. The number of halogens is 2. The lowest BCUT2D eigenvalue weighted by Gasteiger charge is -2.34. The normalized spacial score (nSPS) is 35.3. The predicted molar refractivity (Wildman–Crippen MR) is 96.4 cm³/mol. The first-order valence-electron chi connectivity index (χ1n) is 8.51. The number of hydrogen-bond donors (Lipinski definition) is 1. The minimum absolute atomic E-state index is 0. The van der Waals surface area contributed by atoms with E-state index < -0.39 is 0 Å². The number of likely N-dealkylation sites (tertiary alicyclic amines) is 1. The van der Waals surface area contributed by atoms with Crippen molar-refractivity contribution in [2.24, 2.45) is 17.6 Å². The summed E-state index contributed by atoms with van der Waals surface area (Å²) in [6, 6.07) is 0.734. The zero-order chi connectivity index (χ0) is 14.8. The summed E-state index contributed by atoms with van der Waals surface area (Å²) in [5.74, 6) is 1.08. The molecule has 3 rings (SSSR count). The molecule has 0 aromatic heterocycles. The van der Waals surface area contributed by atoms with Crippen LogP contribution in [0, 0.1) is 11.8 Å². The summed E-state index contributed by atoms with van der Waals surface area (Å²) in [5.41, 5.74) is 6.04. The van der Waals surface area contributed by atoms with Crippen molar-refractivity contribution in [2.45, 2.75) is 44.7 Å². The SMILES string of the molecule is CC1CN(C(=O)C2CCCC(N)C2)CC1N1CCOCC1.Cl.Cl. The van der Waals surface area contributed by atoms with Gasteiger partial charge in [0.1, 0.15) is 0 Å². The molecule has 23 heavy (non-hydrogen) atoms. The van der Waals surface area contributed by atoms with Gasteiger partial charge < -0.3 is 15.4 Å². The number of hydrogen-bond acceptors (Lipinski definition) is 4. The maximum absolute atomic E-state index is 12.7. The van der Waals surface area contributed by atoms with Crippen LogP contribution in [0.4, 0.5) is 0 Å². The van der Waals surface area contributed by atoms with Gasteiger partial charge in [-0.25, -0.2) is 0 Å². The Morgan fingerprint density at radius 2 is 1.83 bits per heavy atom. The topological polar surface area (TPSA) is 58.8 Å². The van der Waals surface area contributed by atoms with Gasteiger partial charge in [0, 0.05) is 44.2 Å². The highest BCUT2D eigenvalue weighted by Crippen LogP contribution is 2.29. The second-order valence-electron chi connectivity index (χ2n) is 7.06. The lowest BCUT2D eigenvalue weighted by atomic mass is 9.85. The van der Waals surface area contributed by atoms with Gasteiger partial charge in [-0.3, -0.25) is 9.69 Å². The number of ether oxygens (including phenoxy) is 1. The molecule has 2 N–H and O–H groups in total. The summed E-state index contributed by atoms with van der Waals surface area (Å²) in [6.45, 7) is 7.75. The minimum atomic E-state index is 0. The molecule has 2 saturated heterocycles.